The van der Waals surface area contributed by atoms with Gasteiger partial charge in [-0.2, -0.15) is 0 Å². The van der Waals surface area contributed by atoms with E-state index in [4.69, 9.17) is 0 Å². The molecule has 0 unspecified atom stereocenters. The van der Waals surface area contributed by atoms with E-state index in [0.717, 1.165) is 53.7 Å². The average molecular weight is 410 g/mol. The van der Waals surface area contributed by atoms with Crippen molar-refractivity contribution in [2.24, 2.45) is 0 Å². The minimum atomic E-state index is -0.229. The van der Waals surface area contributed by atoms with Crippen molar-refractivity contribution in [3.63, 3.8) is 0 Å². The zero-order valence-electron chi connectivity index (χ0n) is 16.5. The van der Waals surface area contributed by atoms with Crippen molar-refractivity contribution < 1.29 is 9.18 Å². The van der Waals surface area contributed by atoms with Gasteiger partial charge < -0.3 is 9.80 Å². The lowest BCUT2D eigenvalue weighted by atomic mass is 10.2. The number of benzene rings is 2. The number of carbonyl (C=O) groups excluding carboxylic acids is 1. The molecule has 0 spiro atoms. The number of rotatable bonds is 4. The zero-order chi connectivity index (χ0) is 20.2. The molecular formula is C23H24FN3OS. The maximum absolute atomic E-state index is 13.2. The van der Waals surface area contributed by atoms with Crippen LogP contribution in [0.3, 0.4) is 0 Å². The second-order valence-corrected chi connectivity index (χ2v) is 8.38. The monoisotopic (exact) mass is 409 g/mol. The van der Waals surface area contributed by atoms with Gasteiger partial charge in [-0.25, -0.2) is 9.37 Å². The van der Waals surface area contributed by atoms with Gasteiger partial charge in [0.15, 0.2) is 0 Å². The second-order valence-electron chi connectivity index (χ2n) is 7.29. The van der Waals surface area contributed by atoms with Gasteiger partial charge in [0.1, 0.15) is 10.7 Å². The van der Waals surface area contributed by atoms with E-state index in [1.807, 2.05) is 30.0 Å². The molecule has 1 aliphatic heterocycles. The van der Waals surface area contributed by atoms with Gasteiger partial charge in [-0.05, 0) is 43.2 Å². The molecule has 0 saturated carbocycles. The highest BCUT2D eigenvalue weighted by atomic mass is 32.1. The summed E-state index contributed by atoms with van der Waals surface area (Å²) in [6.45, 7) is 4.90. The van der Waals surface area contributed by atoms with Crippen LogP contribution in [-0.4, -0.2) is 42.0 Å². The SMILES string of the molecule is Cc1nc(Cc2ccccc2)sc1C(=O)N1CCCN(c2ccc(F)cc2)CC1. The third-order valence-corrected chi connectivity index (χ3v) is 6.35. The Morgan fingerprint density at radius 3 is 2.55 bits per heavy atom. The normalized spacial score (nSPS) is 14.7. The number of amides is 1. The molecule has 0 bridgehead atoms. The van der Waals surface area contributed by atoms with Crippen molar-refractivity contribution in [1.82, 2.24) is 9.88 Å². The molecule has 4 rings (SSSR count). The van der Waals surface area contributed by atoms with Crippen molar-refractivity contribution in [3.05, 3.63) is 81.6 Å². The fraction of sp³-hybridized carbons (Fsp3) is 0.304. The molecule has 150 valence electrons. The first-order valence-electron chi connectivity index (χ1n) is 9.90. The Morgan fingerprint density at radius 1 is 1.03 bits per heavy atom. The minimum absolute atomic E-state index is 0.0697. The Balaban J connectivity index is 1.43. The molecule has 1 amide bonds. The van der Waals surface area contributed by atoms with Gasteiger partial charge >= 0.3 is 0 Å². The van der Waals surface area contributed by atoms with Crippen molar-refractivity contribution >= 4 is 22.9 Å². The highest BCUT2D eigenvalue weighted by molar-refractivity contribution is 7.13. The molecule has 1 aromatic heterocycles. The van der Waals surface area contributed by atoms with Crippen molar-refractivity contribution in [2.75, 3.05) is 31.1 Å². The predicted octanol–water partition coefficient (Wildman–Crippen LogP) is 4.53. The lowest BCUT2D eigenvalue weighted by molar-refractivity contribution is 0.0771. The van der Waals surface area contributed by atoms with Gasteiger partial charge in [-0.3, -0.25) is 4.79 Å². The summed E-state index contributed by atoms with van der Waals surface area (Å²) in [7, 11) is 0. The fourth-order valence-electron chi connectivity index (χ4n) is 3.67. The number of hydrogen-bond acceptors (Lipinski definition) is 4. The van der Waals surface area contributed by atoms with Gasteiger partial charge in [-0.15, -0.1) is 11.3 Å². The highest BCUT2D eigenvalue weighted by Gasteiger charge is 2.24. The van der Waals surface area contributed by atoms with E-state index >= 15 is 0 Å². The summed E-state index contributed by atoms with van der Waals surface area (Å²) in [6, 6.07) is 16.8. The van der Waals surface area contributed by atoms with Crippen LogP contribution < -0.4 is 4.90 Å². The summed E-state index contributed by atoms with van der Waals surface area (Å²) < 4.78 is 13.2. The Bertz CT molecular complexity index is 972. The first kappa shape index (κ1) is 19.6. The second kappa shape index (κ2) is 8.74. The zero-order valence-corrected chi connectivity index (χ0v) is 17.3. The number of thiazole rings is 1. The van der Waals surface area contributed by atoms with E-state index in [1.54, 1.807) is 12.1 Å². The predicted molar refractivity (Wildman–Crippen MR) is 115 cm³/mol. The van der Waals surface area contributed by atoms with Gasteiger partial charge in [0.05, 0.1) is 10.7 Å². The Kier molecular flexibility index (Phi) is 5.90. The van der Waals surface area contributed by atoms with Crippen LogP contribution in [0.1, 0.15) is 32.4 Å². The standard InChI is InChI=1S/C23H24FN3OS/c1-17-22(29-21(25-17)16-18-6-3-2-4-7-18)23(28)27-13-5-12-26(14-15-27)20-10-8-19(24)9-11-20/h2-4,6-11H,5,12-16H2,1H3. The summed E-state index contributed by atoms with van der Waals surface area (Å²) in [4.78, 5) is 22.7. The van der Waals surface area contributed by atoms with Crippen LogP contribution in [0.5, 0.6) is 0 Å². The molecule has 1 fully saturated rings. The van der Waals surface area contributed by atoms with Crippen LogP contribution in [-0.2, 0) is 6.42 Å². The molecule has 0 radical (unpaired) electrons. The van der Waals surface area contributed by atoms with E-state index in [-0.39, 0.29) is 11.7 Å². The summed E-state index contributed by atoms with van der Waals surface area (Å²) in [5.74, 6) is -0.160. The van der Waals surface area contributed by atoms with Crippen molar-refractivity contribution in [1.29, 1.82) is 0 Å². The Morgan fingerprint density at radius 2 is 1.79 bits per heavy atom. The molecule has 6 heteroatoms. The quantitative estimate of drug-likeness (QED) is 0.635. The smallest absolute Gasteiger partial charge is 0.265 e. The summed E-state index contributed by atoms with van der Waals surface area (Å²) >= 11 is 1.50. The molecule has 2 heterocycles. The van der Waals surface area contributed by atoms with E-state index in [2.05, 4.69) is 22.0 Å². The van der Waals surface area contributed by atoms with Gasteiger partial charge in [0.2, 0.25) is 0 Å². The molecule has 29 heavy (non-hydrogen) atoms. The van der Waals surface area contributed by atoms with E-state index < -0.39 is 0 Å². The van der Waals surface area contributed by atoms with Gasteiger partial charge in [0.25, 0.3) is 5.91 Å². The number of nitrogens with zero attached hydrogens (tertiary/aromatic N) is 3. The minimum Gasteiger partial charge on any atom is -0.370 e. The van der Waals surface area contributed by atoms with Crippen molar-refractivity contribution in [3.8, 4) is 0 Å². The van der Waals surface area contributed by atoms with Crippen LogP contribution in [0.15, 0.2) is 54.6 Å². The third kappa shape index (κ3) is 4.65. The summed E-state index contributed by atoms with van der Waals surface area (Å²) in [5, 5.41) is 0.972. The van der Waals surface area contributed by atoms with Crippen LogP contribution in [0, 0.1) is 12.7 Å². The third-order valence-electron chi connectivity index (χ3n) is 5.21. The first-order chi connectivity index (χ1) is 14.1. The van der Waals surface area contributed by atoms with E-state index in [1.165, 1.54) is 29.0 Å². The maximum Gasteiger partial charge on any atom is 0.265 e. The first-order valence-corrected chi connectivity index (χ1v) is 10.7. The summed E-state index contributed by atoms with van der Waals surface area (Å²) in [6.07, 6.45) is 1.63. The highest BCUT2D eigenvalue weighted by Crippen LogP contribution is 2.24. The lowest BCUT2D eigenvalue weighted by Gasteiger charge is -2.23. The molecule has 0 N–H and O–H groups in total. The molecule has 0 atom stereocenters. The fourth-order valence-corrected chi connectivity index (χ4v) is 4.74. The van der Waals surface area contributed by atoms with Gasteiger partial charge in [0, 0.05) is 38.3 Å². The van der Waals surface area contributed by atoms with Gasteiger partial charge in [-0.1, -0.05) is 30.3 Å². The lowest BCUT2D eigenvalue weighted by Crippen LogP contribution is -2.35. The molecule has 1 aliphatic rings. The van der Waals surface area contributed by atoms with Crippen LogP contribution in [0.4, 0.5) is 10.1 Å². The number of hydrogen-bond donors (Lipinski definition) is 0. The average Bonchev–Trinajstić information content (AvgIpc) is 2.93. The molecular weight excluding hydrogens is 385 g/mol. The van der Waals surface area contributed by atoms with Crippen LogP contribution in [0.2, 0.25) is 0 Å². The number of aromatic nitrogens is 1. The largest absolute Gasteiger partial charge is 0.370 e. The molecule has 2 aromatic carbocycles. The topological polar surface area (TPSA) is 36.4 Å². The molecule has 1 saturated heterocycles. The Hall–Kier alpha value is -2.73. The number of halogens is 1. The molecule has 0 aliphatic carbocycles. The van der Waals surface area contributed by atoms with Crippen LogP contribution in [0.25, 0.3) is 0 Å². The number of anilines is 1. The summed E-state index contributed by atoms with van der Waals surface area (Å²) in [5.41, 5.74) is 3.01. The molecule has 4 nitrogen and oxygen atoms in total. The number of carbonyl (C=O) groups is 1. The van der Waals surface area contributed by atoms with Crippen LogP contribution >= 0.6 is 11.3 Å². The molecule has 3 aromatic rings. The number of aryl methyl sites for hydroxylation is 1. The van der Waals surface area contributed by atoms with E-state index in [0.29, 0.717) is 6.54 Å². The maximum atomic E-state index is 13.2. The van der Waals surface area contributed by atoms with E-state index in [9.17, 15) is 9.18 Å². The van der Waals surface area contributed by atoms with Crippen molar-refractivity contribution in [2.45, 2.75) is 19.8 Å². The Labute approximate surface area is 174 Å².